The Labute approximate surface area is 194 Å². The van der Waals surface area contributed by atoms with Crippen LogP contribution in [0.2, 0.25) is 0 Å². The Hall–Kier alpha value is -2.10. The predicted molar refractivity (Wildman–Crippen MR) is 127 cm³/mol. The summed E-state index contributed by atoms with van der Waals surface area (Å²) in [6.45, 7) is 10.7. The molecule has 1 N–H and O–H groups in total. The van der Waals surface area contributed by atoms with Crippen molar-refractivity contribution in [1.82, 2.24) is 14.8 Å². The predicted octanol–water partition coefficient (Wildman–Crippen LogP) is 3.54. The number of hydrogen-bond acceptors (Lipinski definition) is 7. The van der Waals surface area contributed by atoms with Crippen molar-refractivity contribution >= 4 is 29.3 Å². The van der Waals surface area contributed by atoms with Crippen molar-refractivity contribution < 1.29 is 14.3 Å². The zero-order valence-electron chi connectivity index (χ0n) is 19.1. The molecule has 0 spiro atoms. The first kappa shape index (κ1) is 23.1. The fourth-order valence-electron chi connectivity index (χ4n) is 3.92. The van der Waals surface area contributed by atoms with Crippen molar-refractivity contribution in [1.29, 1.82) is 0 Å². The molecule has 9 heteroatoms. The molecule has 2 aromatic rings. The first-order valence-corrected chi connectivity index (χ1v) is 12.3. The lowest BCUT2D eigenvalue weighted by atomic mass is 10.0. The number of aromatic nitrogens is 3. The molecular formula is C23H33N5O3S. The zero-order valence-corrected chi connectivity index (χ0v) is 19.9. The molecule has 174 valence electrons. The molecule has 1 aromatic carbocycles. The molecule has 2 aliphatic heterocycles. The van der Waals surface area contributed by atoms with E-state index in [4.69, 9.17) is 9.47 Å². The number of carbonyl (C=O) groups excluding carboxylic acids is 1. The van der Waals surface area contributed by atoms with E-state index >= 15 is 0 Å². The number of anilines is 2. The second-order valence-electron chi connectivity index (χ2n) is 8.65. The monoisotopic (exact) mass is 459 g/mol. The van der Waals surface area contributed by atoms with Gasteiger partial charge in [-0.05, 0) is 43.4 Å². The van der Waals surface area contributed by atoms with Crippen LogP contribution in [-0.4, -0.2) is 64.9 Å². The van der Waals surface area contributed by atoms with Gasteiger partial charge in [0, 0.05) is 25.4 Å². The Balaban J connectivity index is 1.45. The molecule has 2 aliphatic rings. The fraction of sp³-hybridized carbons (Fsp3) is 0.609. The maximum atomic E-state index is 12.9. The Morgan fingerprint density at radius 1 is 1.16 bits per heavy atom. The van der Waals surface area contributed by atoms with E-state index < -0.39 is 0 Å². The summed E-state index contributed by atoms with van der Waals surface area (Å²) in [4.78, 5) is 15.1. The highest BCUT2D eigenvalue weighted by Gasteiger charge is 2.27. The molecule has 3 heterocycles. The van der Waals surface area contributed by atoms with Gasteiger partial charge in [-0.1, -0.05) is 37.7 Å². The summed E-state index contributed by atoms with van der Waals surface area (Å²) in [5.74, 6) is 1.25. The molecule has 0 radical (unpaired) electrons. The Kier molecular flexibility index (Phi) is 7.70. The smallest absolute Gasteiger partial charge is 0.237 e. The van der Waals surface area contributed by atoms with E-state index in [-0.39, 0.29) is 17.3 Å². The van der Waals surface area contributed by atoms with Gasteiger partial charge in [-0.15, -0.1) is 10.2 Å². The highest BCUT2D eigenvalue weighted by atomic mass is 32.2. The van der Waals surface area contributed by atoms with Gasteiger partial charge in [-0.25, -0.2) is 0 Å². The van der Waals surface area contributed by atoms with Crippen LogP contribution in [0.1, 0.15) is 45.1 Å². The van der Waals surface area contributed by atoms with Crippen molar-refractivity contribution in [2.45, 2.75) is 62.6 Å². The lowest BCUT2D eigenvalue weighted by Gasteiger charge is -2.28. The highest BCUT2D eigenvalue weighted by Crippen LogP contribution is 2.29. The maximum absolute atomic E-state index is 12.9. The number of amides is 1. The molecule has 1 aromatic heterocycles. The van der Waals surface area contributed by atoms with E-state index in [1.54, 1.807) is 0 Å². The summed E-state index contributed by atoms with van der Waals surface area (Å²) in [6, 6.07) is 8.04. The molecule has 2 unspecified atom stereocenters. The molecule has 2 atom stereocenters. The number of carbonyl (C=O) groups is 1. The standard InChI is InChI=1S/C23H33N5O3S/c1-16(2)18-6-8-19(9-7-18)24-21(29)17(3)32-23-26-25-22(27-10-13-30-14-11-27)28(23)15-20-5-4-12-31-20/h6-9,16-17,20H,4-5,10-15H2,1-3H3,(H,24,29). The summed E-state index contributed by atoms with van der Waals surface area (Å²) in [5, 5.41) is 12.4. The average Bonchev–Trinajstić information content (AvgIpc) is 3.45. The van der Waals surface area contributed by atoms with Crippen LogP contribution < -0.4 is 10.2 Å². The van der Waals surface area contributed by atoms with Gasteiger partial charge in [-0.3, -0.25) is 9.36 Å². The van der Waals surface area contributed by atoms with Gasteiger partial charge in [0.05, 0.1) is 31.1 Å². The molecule has 1 amide bonds. The number of benzene rings is 1. The van der Waals surface area contributed by atoms with Gasteiger partial charge < -0.3 is 19.7 Å². The van der Waals surface area contributed by atoms with Crippen LogP contribution in [0.5, 0.6) is 0 Å². The van der Waals surface area contributed by atoms with Gasteiger partial charge >= 0.3 is 0 Å². The van der Waals surface area contributed by atoms with E-state index in [0.717, 1.165) is 49.3 Å². The topological polar surface area (TPSA) is 81.5 Å². The molecule has 0 saturated carbocycles. The molecule has 0 bridgehead atoms. The number of nitrogens with zero attached hydrogens (tertiary/aromatic N) is 4. The molecule has 4 rings (SSSR count). The number of morpholine rings is 1. The minimum atomic E-state index is -0.315. The third-order valence-electron chi connectivity index (χ3n) is 5.90. The van der Waals surface area contributed by atoms with E-state index in [1.165, 1.54) is 17.3 Å². The van der Waals surface area contributed by atoms with Gasteiger partial charge in [0.1, 0.15) is 0 Å². The molecule has 2 saturated heterocycles. The van der Waals surface area contributed by atoms with Gasteiger partial charge in [0.25, 0.3) is 0 Å². The maximum Gasteiger partial charge on any atom is 0.237 e. The number of hydrogen-bond donors (Lipinski definition) is 1. The fourth-order valence-corrected chi connectivity index (χ4v) is 4.78. The first-order chi connectivity index (χ1) is 15.5. The summed E-state index contributed by atoms with van der Waals surface area (Å²) >= 11 is 1.44. The van der Waals surface area contributed by atoms with E-state index in [9.17, 15) is 4.79 Å². The first-order valence-electron chi connectivity index (χ1n) is 11.5. The minimum Gasteiger partial charge on any atom is -0.378 e. The van der Waals surface area contributed by atoms with Crippen LogP contribution in [0, 0.1) is 0 Å². The van der Waals surface area contributed by atoms with Crippen LogP contribution in [0.4, 0.5) is 11.6 Å². The van der Waals surface area contributed by atoms with Crippen LogP contribution in [-0.2, 0) is 20.8 Å². The van der Waals surface area contributed by atoms with Crippen molar-refractivity contribution in [3.63, 3.8) is 0 Å². The zero-order chi connectivity index (χ0) is 22.5. The quantitative estimate of drug-likeness (QED) is 0.605. The SMILES string of the molecule is CC(Sc1nnc(N2CCOCC2)n1CC1CCCO1)C(=O)Nc1ccc(C(C)C)cc1. The average molecular weight is 460 g/mol. The normalized spacial score (nSPS) is 20.0. The summed E-state index contributed by atoms with van der Waals surface area (Å²) < 4.78 is 13.5. The molecule has 0 aliphatic carbocycles. The number of nitrogens with one attached hydrogen (secondary N) is 1. The number of rotatable bonds is 8. The third kappa shape index (κ3) is 5.63. The molecule has 2 fully saturated rings. The Morgan fingerprint density at radius 3 is 2.56 bits per heavy atom. The van der Waals surface area contributed by atoms with Crippen molar-refractivity contribution in [3.05, 3.63) is 29.8 Å². The second-order valence-corrected chi connectivity index (χ2v) is 9.96. The summed E-state index contributed by atoms with van der Waals surface area (Å²) in [6.07, 6.45) is 2.28. The summed E-state index contributed by atoms with van der Waals surface area (Å²) in [7, 11) is 0. The van der Waals surface area contributed by atoms with Crippen LogP contribution >= 0.6 is 11.8 Å². The Bertz CT molecular complexity index is 890. The Morgan fingerprint density at radius 2 is 1.91 bits per heavy atom. The lowest BCUT2D eigenvalue weighted by Crippen LogP contribution is -2.38. The number of thioether (sulfide) groups is 1. The van der Waals surface area contributed by atoms with E-state index in [2.05, 4.69) is 51.0 Å². The van der Waals surface area contributed by atoms with Gasteiger partial charge in [-0.2, -0.15) is 0 Å². The van der Waals surface area contributed by atoms with Gasteiger partial charge in [0.15, 0.2) is 5.16 Å². The van der Waals surface area contributed by atoms with Crippen molar-refractivity contribution in [3.8, 4) is 0 Å². The number of ether oxygens (including phenoxy) is 2. The van der Waals surface area contributed by atoms with E-state index in [0.29, 0.717) is 25.7 Å². The van der Waals surface area contributed by atoms with E-state index in [1.807, 2.05) is 19.1 Å². The molecule has 32 heavy (non-hydrogen) atoms. The van der Waals surface area contributed by atoms with Crippen LogP contribution in [0.3, 0.4) is 0 Å². The summed E-state index contributed by atoms with van der Waals surface area (Å²) in [5.41, 5.74) is 2.06. The second kappa shape index (κ2) is 10.7. The van der Waals surface area contributed by atoms with Crippen molar-refractivity contribution in [2.75, 3.05) is 43.1 Å². The van der Waals surface area contributed by atoms with Crippen molar-refractivity contribution in [2.24, 2.45) is 0 Å². The molecule has 8 nitrogen and oxygen atoms in total. The third-order valence-corrected chi connectivity index (χ3v) is 6.98. The van der Waals surface area contributed by atoms with Gasteiger partial charge in [0.2, 0.25) is 11.9 Å². The largest absolute Gasteiger partial charge is 0.378 e. The lowest BCUT2D eigenvalue weighted by molar-refractivity contribution is -0.115. The minimum absolute atomic E-state index is 0.0492. The molecular weight excluding hydrogens is 426 g/mol. The van der Waals surface area contributed by atoms with Crippen LogP contribution in [0.15, 0.2) is 29.4 Å². The highest BCUT2D eigenvalue weighted by molar-refractivity contribution is 8.00. The van der Waals surface area contributed by atoms with Crippen LogP contribution in [0.25, 0.3) is 0 Å².